The topological polar surface area (TPSA) is 15.6 Å². The number of anilines is 1. The number of hydrogen-bond acceptors (Lipinski definition) is 2. The van der Waals surface area contributed by atoms with Crippen molar-refractivity contribution in [3.8, 4) is 0 Å². The summed E-state index contributed by atoms with van der Waals surface area (Å²) in [4.78, 5) is 7.07. The number of para-hydroxylation sites is 1. The van der Waals surface area contributed by atoms with Gasteiger partial charge in [0, 0.05) is 21.4 Å². The van der Waals surface area contributed by atoms with E-state index in [-0.39, 0.29) is 0 Å². The van der Waals surface area contributed by atoms with Gasteiger partial charge in [0.1, 0.15) is 5.84 Å². The molecule has 0 bridgehead atoms. The van der Waals surface area contributed by atoms with Crippen molar-refractivity contribution in [2.75, 3.05) is 18.0 Å². The molecule has 2 aromatic rings. The van der Waals surface area contributed by atoms with E-state index in [1.54, 1.807) is 0 Å². The van der Waals surface area contributed by atoms with E-state index >= 15 is 0 Å². The molecule has 0 N–H and O–H groups in total. The molecule has 0 aromatic heterocycles. The normalized spacial score (nSPS) is 14.6. The Kier molecular flexibility index (Phi) is 3.78. The molecule has 0 saturated heterocycles. The number of nitrogens with zero attached hydrogens (tertiary/aromatic N) is 2. The Morgan fingerprint density at radius 1 is 1.00 bits per heavy atom. The van der Waals surface area contributed by atoms with Crippen molar-refractivity contribution < 1.29 is 0 Å². The largest absolute Gasteiger partial charge is 0.324 e. The Morgan fingerprint density at radius 2 is 1.65 bits per heavy atom. The maximum absolute atomic E-state index is 4.72. The molecule has 1 aliphatic heterocycles. The fourth-order valence-corrected chi connectivity index (χ4v) is 3.10. The third-order valence-corrected chi connectivity index (χ3v) is 4.37. The molecule has 2 nitrogen and oxygen atoms in total. The Balaban J connectivity index is 2.03. The van der Waals surface area contributed by atoms with Crippen LogP contribution < -0.4 is 4.90 Å². The molecule has 0 saturated carbocycles. The van der Waals surface area contributed by atoms with Gasteiger partial charge in [0.15, 0.2) is 0 Å². The van der Waals surface area contributed by atoms with E-state index in [0.717, 1.165) is 18.9 Å². The lowest BCUT2D eigenvalue weighted by Gasteiger charge is -2.24. The van der Waals surface area contributed by atoms with E-state index in [1.807, 2.05) is 0 Å². The van der Waals surface area contributed by atoms with E-state index in [2.05, 4.69) is 83.8 Å². The van der Waals surface area contributed by atoms with Gasteiger partial charge in [0.25, 0.3) is 0 Å². The molecule has 1 heterocycles. The molecule has 0 spiro atoms. The Morgan fingerprint density at radius 3 is 2.30 bits per heavy atom. The summed E-state index contributed by atoms with van der Waals surface area (Å²) in [5.41, 5.74) is 5.13. The van der Waals surface area contributed by atoms with Gasteiger partial charge in [0.2, 0.25) is 0 Å². The first-order chi connectivity index (χ1) is 9.66. The first kappa shape index (κ1) is 13.6. The summed E-state index contributed by atoms with van der Waals surface area (Å²) in [5, 5.41) is 0. The van der Waals surface area contributed by atoms with Crippen molar-refractivity contribution in [1.29, 1.82) is 0 Å². The second-order valence-corrected chi connectivity index (χ2v) is 6.35. The van der Waals surface area contributed by atoms with Crippen LogP contribution in [0.1, 0.15) is 16.7 Å². The highest BCUT2D eigenvalue weighted by molar-refractivity contribution is 14.1. The van der Waals surface area contributed by atoms with Crippen molar-refractivity contribution in [1.82, 2.24) is 0 Å². The van der Waals surface area contributed by atoms with Crippen LogP contribution in [-0.2, 0) is 0 Å². The van der Waals surface area contributed by atoms with Crippen LogP contribution in [0.3, 0.4) is 0 Å². The number of halogens is 1. The Hall–Kier alpha value is -1.36. The molecular weight excluding hydrogens is 359 g/mol. The van der Waals surface area contributed by atoms with Crippen LogP contribution in [0.15, 0.2) is 47.5 Å². The van der Waals surface area contributed by atoms with Gasteiger partial charge >= 0.3 is 0 Å². The van der Waals surface area contributed by atoms with Gasteiger partial charge in [-0.3, -0.25) is 4.99 Å². The first-order valence-corrected chi connectivity index (χ1v) is 7.89. The average Bonchev–Trinajstić information content (AvgIpc) is 2.88. The van der Waals surface area contributed by atoms with Crippen LogP contribution in [0.4, 0.5) is 5.69 Å². The minimum Gasteiger partial charge on any atom is -0.324 e. The molecule has 0 amide bonds. The summed E-state index contributed by atoms with van der Waals surface area (Å²) < 4.78 is 1.25. The average molecular weight is 376 g/mol. The lowest BCUT2D eigenvalue weighted by Crippen LogP contribution is -2.29. The van der Waals surface area contributed by atoms with Crippen LogP contribution in [0.5, 0.6) is 0 Å². The Bertz CT molecular complexity index is 639. The number of aliphatic imine (C=N–C) groups is 1. The summed E-state index contributed by atoms with van der Waals surface area (Å²) in [5.74, 6) is 1.10. The maximum Gasteiger partial charge on any atom is 0.135 e. The molecule has 102 valence electrons. The van der Waals surface area contributed by atoms with Gasteiger partial charge in [-0.25, -0.2) is 0 Å². The van der Waals surface area contributed by atoms with Crippen LogP contribution in [0.2, 0.25) is 0 Å². The number of aryl methyl sites for hydroxylation is 2. The summed E-state index contributed by atoms with van der Waals surface area (Å²) >= 11 is 2.33. The van der Waals surface area contributed by atoms with Crippen molar-refractivity contribution in [3.63, 3.8) is 0 Å². The molecule has 0 fully saturated rings. The zero-order valence-corrected chi connectivity index (χ0v) is 13.9. The van der Waals surface area contributed by atoms with Gasteiger partial charge in [-0.05, 0) is 59.7 Å². The van der Waals surface area contributed by atoms with Crippen molar-refractivity contribution >= 4 is 34.1 Å². The molecule has 0 radical (unpaired) electrons. The predicted octanol–water partition coefficient (Wildman–Crippen LogP) is 4.17. The number of amidine groups is 1. The van der Waals surface area contributed by atoms with E-state index in [0.29, 0.717) is 0 Å². The van der Waals surface area contributed by atoms with Gasteiger partial charge in [-0.15, -0.1) is 0 Å². The molecule has 0 aliphatic carbocycles. The molecular formula is C17H17IN2. The number of hydrogen-bond donors (Lipinski definition) is 0. The zero-order chi connectivity index (χ0) is 14.1. The van der Waals surface area contributed by atoms with E-state index in [9.17, 15) is 0 Å². The molecule has 0 unspecified atom stereocenters. The van der Waals surface area contributed by atoms with Crippen LogP contribution in [0.25, 0.3) is 0 Å². The standard InChI is InChI=1S/C17H17IN2/c1-12-4-3-5-13(2)16(12)20-11-10-19-17(20)14-6-8-15(18)9-7-14/h3-9H,10-11H2,1-2H3. The summed E-state index contributed by atoms with van der Waals surface area (Å²) in [7, 11) is 0. The van der Waals surface area contributed by atoms with Gasteiger partial charge in [0.05, 0.1) is 6.54 Å². The predicted molar refractivity (Wildman–Crippen MR) is 93.8 cm³/mol. The molecule has 1 aliphatic rings. The monoisotopic (exact) mass is 376 g/mol. The second-order valence-electron chi connectivity index (χ2n) is 5.10. The zero-order valence-electron chi connectivity index (χ0n) is 11.7. The van der Waals surface area contributed by atoms with Crippen LogP contribution in [0, 0.1) is 17.4 Å². The van der Waals surface area contributed by atoms with Crippen molar-refractivity contribution in [2.45, 2.75) is 13.8 Å². The van der Waals surface area contributed by atoms with Gasteiger partial charge in [-0.1, -0.05) is 30.3 Å². The third kappa shape index (κ3) is 2.46. The van der Waals surface area contributed by atoms with Gasteiger partial charge in [-0.2, -0.15) is 0 Å². The molecule has 0 atom stereocenters. The molecule has 3 rings (SSSR count). The fourth-order valence-electron chi connectivity index (χ4n) is 2.74. The smallest absolute Gasteiger partial charge is 0.135 e. The highest BCUT2D eigenvalue weighted by Gasteiger charge is 2.22. The highest BCUT2D eigenvalue weighted by atomic mass is 127. The van der Waals surface area contributed by atoms with Crippen LogP contribution in [-0.4, -0.2) is 18.9 Å². The van der Waals surface area contributed by atoms with Crippen LogP contribution >= 0.6 is 22.6 Å². The summed E-state index contributed by atoms with van der Waals surface area (Å²) in [6.07, 6.45) is 0. The maximum atomic E-state index is 4.72. The summed E-state index contributed by atoms with van der Waals surface area (Å²) in [6, 6.07) is 15.1. The summed E-state index contributed by atoms with van der Waals surface area (Å²) in [6.45, 7) is 6.18. The lowest BCUT2D eigenvalue weighted by molar-refractivity contribution is 1.01. The molecule has 20 heavy (non-hydrogen) atoms. The minimum absolute atomic E-state index is 0.870. The van der Waals surface area contributed by atoms with Gasteiger partial charge < -0.3 is 4.90 Å². The van der Waals surface area contributed by atoms with E-state index < -0.39 is 0 Å². The first-order valence-electron chi connectivity index (χ1n) is 6.81. The minimum atomic E-state index is 0.870. The van der Waals surface area contributed by atoms with Crippen molar-refractivity contribution in [3.05, 3.63) is 62.7 Å². The molecule has 2 aromatic carbocycles. The highest BCUT2D eigenvalue weighted by Crippen LogP contribution is 2.28. The fraction of sp³-hybridized carbons (Fsp3) is 0.235. The number of rotatable bonds is 2. The third-order valence-electron chi connectivity index (χ3n) is 3.65. The second kappa shape index (κ2) is 5.56. The lowest BCUT2D eigenvalue weighted by atomic mass is 10.1. The number of benzene rings is 2. The van der Waals surface area contributed by atoms with E-state index in [1.165, 1.54) is 25.9 Å². The molecule has 3 heteroatoms. The Labute approximate surface area is 133 Å². The van der Waals surface area contributed by atoms with E-state index in [4.69, 9.17) is 4.99 Å². The quantitative estimate of drug-likeness (QED) is 0.719. The SMILES string of the molecule is Cc1cccc(C)c1N1CCN=C1c1ccc(I)cc1. The van der Waals surface area contributed by atoms with Crippen molar-refractivity contribution in [2.24, 2.45) is 4.99 Å².